The van der Waals surface area contributed by atoms with Gasteiger partial charge < -0.3 is 9.84 Å². The van der Waals surface area contributed by atoms with Crippen molar-refractivity contribution in [2.75, 3.05) is 0 Å². The van der Waals surface area contributed by atoms with Gasteiger partial charge in [-0.05, 0) is 42.9 Å². The van der Waals surface area contributed by atoms with Gasteiger partial charge in [-0.15, -0.1) is 13.2 Å². The molecule has 1 aromatic rings. The van der Waals surface area contributed by atoms with Gasteiger partial charge in [-0.3, -0.25) is 0 Å². The van der Waals surface area contributed by atoms with E-state index < -0.39 is 6.36 Å². The van der Waals surface area contributed by atoms with Crippen molar-refractivity contribution in [1.82, 2.24) is 0 Å². The summed E-state index contributed by atoms with van der Waals surface area (Å²) in [5.74, 6) is 0.0148. The molecule has 0 fully saturated rings. The van der Waals surface area contributed by atoms with Crippen molar-refractivity contribution in [3.8, 4) is 5.75 Å². The first-order chi connectivity index (χ1) is 8.78. The van der Waals surface area contributed by atoms with E-state index in [1.807, 2.05) is 13.8 Å². The monoisotopic (exact) mass is 276 g/mol. The van der Waals surface area contributed by atoms with E-state index in [1.54, 1.807) is 12.1 Å². The molecule has 0 aromatic heterocycles. The molecule has 0 spiro atoms. The van der Waals surface area contributed by atoms with Gasteiger partial charge in [0, 0.05) is 0 Å². The van der Waals surface area contributed by atoms with Crippen LogP contribution in [0.4, 0.5) is 13.2 Å². The molecule has 19 heavy (non-hydrogen) atoms. The van der Waals surface area contributed by atoms with Crippen LogP contribution in [-0.2, 0) is 6.42 Å². The maximum absolute atomic E-state index is 12.0. The van der Waals surface area contributed by atoms with E-state index in [9.17, 15) is 18.3 Å². The van der Waals surface area contributed by atoms with Crippen LogP contribution in [-0.4, -0.2) is 17.6 Å². The average molecular weight is 276 g/mol. The second-order valence-electron chi connectivity index (χ2n) is 4.90. The van der Waals surface area contributed by atoms with Crippen LogP contribution in [0.1, 0.15) is 32.3 Å². The number of aliphatic hydroxyl groups excluding tert-OH is 1. The number of rotatable bonds is 6. The summed E-state index contributed by atoms with van der Waals surface area (Å²) in [5.41, 5.74) is 0.936. The van der Waals surface area contributed by atoms with Crippen molar-refractivity contribution in [3.63, 3.8) is 0 Å². The summed E-state index contributed by atoms with van der Waals surface area (Å²) >= 11 is 0. The molecule has 1 aromatic carbocycles. The molecular weight excluding hydrogens is 257 g/mol. The fraction of sp³-hybridized carbons (Fsp3) is 0.571. The molecule has 0 saturated heterocycles. The molecule has 0 radical (unpaired) electrons. The molecule has 0 aliphatic heterocycles. The van der Waals surface area contributed by atoms with Crippen LogP contribution in [0.25, 0.3) is 0 Å². The van der Waals surface area contributed by atoms with Gasteiger partial charge in [-0.2, -0.15) is 0 Å². The number of halogens is 3. The Balaban J connectivity index is 2.40. The highest BCUT2D eigenvalue weighted by Gasteiger charge is 2.30. The lowest BCUT2D eigenvalue weighted by molar-refractivity contribution is -0.274. The van der Waals surface area contributed by atoms with Crippen molar-refractivity contribution in [2.24, 2.45) is 5.92 Å². The molecule has 0 heterocycles. The van der Waals surface area contributed by atoms with Crippen molar-refractivity contribution < 1.29 is 23.0 Å². The zero-order valence-corrected chi connectivity index (χ0v) is 11.1. The summed E-state index contributed by atoms with van der Waals surface area (Å²) in [6.07, 6.45) is -2.75. The Hall–Kier alpha value is -1.23. The minimum atomic E-state index is -4.65. The second-order valence-corrected chi connectivity index (χ2v) is 4.90. The first-order valence-electron chi connectivity index (χ1n) is 6.30. The second kappa shape index (κ2) is 6.80. The standard InChI is InChI=1S/C14H19F3O2/c1-10(2)13(18)5-3-4-11-6-8-12(9-7-11)19-14(15,16)17/h6-10,13,18H,3-5H2,1-2H3. The van der Waals surface area contributed by atoms with E-state index >= 15 is 0 Å². The Kier molecular flexibility index (Phi) is 5.66. The lowest BCUT2D eigenvalue weighted by Crippen LogP contribution is -2.17. The molecular formula is C14H19F3O2. The van der Waals surface area contributed by atoms with E-state index in [1.165, 1.54) is 12.1 Å². The molecule has 2 nitrogen and oxygen atoms in total. The summed E-state index contributed by atoms with van der Waals surface area (Å²) in [4.78, 5) is 0. The summed E-state index contributed by atoms with van der Waals surface area (Å²) in [5, 5.41) is 9.63. The minimum absolute atomic E-state index is 0.210. The topological polar surface area (TPSA) is 29.5 Å². The lowest BCUT2D eigenvalue weighted by atomic mass is 9.99. The van der Waals surface area contributed by atoms with Gasteiger partial charge in [0.25, 0.3) is 0 Å². The van der Waals surface area contributed by atoms with Gasteiger partial charge >= 0.3 is 6.36 Å². The quantitative estimate of drug-likeness (QED) is 0.853. The zero-order chi connectivity index (χ0) is 14.5. The van der Waals surface area contributed by atoms with Gasteiger partial charge in [0.2, 0.25) is 0 Å². The van der Waals surface area contributed by atoms with Crippen LogP contribution >= 0.6 is 0 Å². The maximum Gasteiger partial charge on any atom is 0.573 e. The van der Waals surface area contributed by atoms with Crippen molar-refractivity contribution >= 4 is 0 Å². The Morgan fingerprint density at radius 1 is 1.16 bits per heavy atom. The number of hydrogen-bond donors (Lipinski definition) is 1. The number of benzene rings is 1. The van der Waals surface area contributed by atoms with Crippen LogP contribution in [0.2, 0.25) is 0 Å². The van der Waals surface area contributed by atoms with Crippen molar-refractivity contribution in [1.29, 1.82) is 0 Å². The van der Waals surface area contributed by atoms with Gasteiger partial charge in [0.05, 0.1) is 6.10 Å². The third-order valence-corrected chi connectivity index (χ3v) is 2.89. The Morgan fingerprint density at radius 2 is 1.74 bits per heavy atom. The fourth-order valence-electron chi connectivity index (χ4n) is 1.71. The number of aryl methyl sites for hydroxylation is 1. The molecule has 1 N–H and O–H groups in total. The maximum atomic E-state index is 12.0. The lowest BCUT2D eigenvalue weighted by Gasteiger charge is -2.14. The molecule has 0 saturated carbocycles. The summed E-state index contributed by atoms with van der Waals surface area (Å²) < 4.78 is 39.7. The highest BCUT2D eigenvalue weighted by atomic mass is 19.4. The Morgan fingerprint density at radius 3 is 2.21 bits per heavy atom. The number of hydrogen-bond acceptors (Lipinski definition) is 2. The number of ether oxygens (including phenoxy) is 1. The van der Waals surface area contributed by atoms with Crippen molar-refractivity contribution in [3.05, 3.63) is 29.8 Å². The number of alkyl halides is 3. The van der Waals surface area contributed by atoms with Gasteiger partial charge in [-0.25, -0.2) is 0 Å². The molecule has 1 rings (SSSR count). The first kappa shape index (κ1) is 15.8. The van der Waals surface area contributed by atoms with Gasteiger partial charge in [-0.1, -0.05) is 26.0 Å². The molecule has 108 valence electrons. The van der Waals surface area contributed by atoms with E-state index in [2.05, 4.69) is 4.74 Å². The number of aliphatic hydroxyl groups is 1. The SMILES string of the molecule is CC(C)C(O)CCCc1ccc(OC(F)(F)F)cc1. The predicted molar refractivity (Wildman–Crippen MR) is 66.9 cm³/mol. The average Bonchev–Trinajstić information content (AvgIpc) is 2.29. The van der Waals surface area contributed by atoms with Gasteiger partial charge in [0.15, 0.2) is 0 Å². The van der Waals surface area contributed by atoms with Crippen LogP contribution in [0.3, 0.4) is 0 Å². The zero-order valence-electron chi connectivity index (χ0n) is 11.1. The summed E-state index contributed by atoms with van der Waals surface area (Å²) in [7, 11) is 0. The van der Waals surface area contributed by atoms with E-state index in [-0.39, 0.29) is 17.8 Å². The van der Waals surface area contributed by atoms with Crippen molar-refractivity contribution in [2.45, 2.75) is 45.6 Å². The Labute approximate surface area is 111 Å². The van der Waals surface area contributed by atoms with Crippen LogP contribution < -0.4 is 4.74 Å². The molecule has 5 heteroatoms. The highest BCUT2D eigenvalue weighted by molar-refractivity contribution is 5.27. The smallest absolute Gasteiger partial charge is 0.406 e. The molecule has 0 aliphatic rings. The molecule has 0 bridgehead atoms. The van der Waals surface area contributed by atoms with E-state index in [4.69, 9.17) is 0 Å². The first-order valence-corrected chi connectivity index (χ1v) is 6.30. The molecule has 1 atom stereocenters. The predicted octanol–water partition coefficient (Wildman–Crippen LogP) is 3.92. The normalized spacial score (nSPS) is 13.6. The van der Waals surface area contributed by atoms with E-state index in [0.717, 1.165) is 18.4 Å². The van der Waals surface area contributed by atoms with E-state index in [0.29, 0.717) is 6.42 Å². The Bertz CT molecular complexity index is 371. The molecule has 1 unspecified atom stereocenters. The summed E-state index contributed by atoms with van der Waals surface area (Å²) in [6, 6.07) is 5.84. The third-order valence-electron chi connectivity index (χ3n) is 2.89. The third kappa shape index (κ3) is 6.47. The largest absolute Gasteiger partial charge is 0.573 e. The van der Waals surface area contributed by atoms with Crippen LogP contribution in [0.5, 0.6) is 5.75 Å². The highest BCUT2D eigenvalue weighted by Crippen LogP contribution is 2.23. The minimum Gasteiger partial charge on any atom is -0.406 e. The summed E-state index contributed by atoms with van der Waals surface area (Å²) in [6.45, 7) is 3.90. The fourth-order valence-corrected chi connectivity index (χ4v) is 1.71. The molecule has 0 aliphatic carbocycles. The van der Waals surface area contributed by atoms with Gasteiger partial charge in [0.1, 0.15) is 5.75 Å². The van der Waals surface area contributed by atoms with Crippen LogP contribution in [0.15, 0.2) is 24.3 Å². The van der Waals surface area contributed by atoms with Crippen LogP contribution in [0, 0.1) is 5.92 Å². The molecule has 0 amide bonds.